The summed E-state index contributed by atoms with van der Waals surface area (Å²) in [6.07, 6.45) is -1.19. The smallest absolute Gasteiger partial charge is 0.207 e. The van der Waals surface area contributed by atoms with Gasteiger partial charge in [0, 0.05) is 10.8 Å². The average Bonchev–Trinajstić information content (AvgIpc) is 2.27. The van der Waals surface area contributed by atoms with Crippen LogP contribution >= 0.6 is 50.1 Å². The van der Waals surface area contributed by atoms with Crippen LogP contribution in [-0.4, -0.2) is 20.9 Å². The molecule has 1 rings (SSSR count). The third-order valence-electron chi connectivity index (χ3n) is 2.28. The lowest BCUT2D eigenvalue weighted by molar-refractivity contribution is 0.191. The highest BCUT2D eigenvalue weighted by atomic mass is 127. The molecule has 7 heteroatoms. The second-order valence-electron chi connectivity index (χ2n) is 3.42. The van der Waals surface area contributed by atoms with E-state index in [-0.39, 0.29) is 5.75 Å². The fourth-order valence-corrected chi connectivity index (χ4v) is 4.54. The molecule has 0 bridgehead atoms. The van der Waals surface area contributed by atoms with Gasteiger partial charge in [0.25, 0.3) is 0 Å². The molecule has 0 radical (unpaired) electrons. The van der Waals surface area contributed by atoms with Gasteiger partial charge >= 0.3 is 0 Å². The molecule has 0 aliphatic heterocycles. The highest BCUT2D eigenvalue weighted by Crippen LogP contribution is 2.45. The summed E-state index contributed by atoms with van der Waals surface area (Å²) in [5.74, 6) is -0.0567. The normalized spacial score (nSPS) is 17.5. The van der Waals surface area contributed by atoms with Crippen molar-refractivity contribution in [1.29, 1.82) is 0 Å². The zero-order valence-corrected chi connectivity index (χ0v) is 14.2. The van der Waals surface area contributed by atoms with E-state index in [9.17, 15) is 13.5 Å². The van der Waals surface area contributed by atoms with Crippen LogP contribution in [0.4, 0.5) is 0 Å². The summed E-state index contributed by atoms with van der Waals surface area (Å²) in [7, 11) is -3.45. The topological polar surface area (TPSA) is 54.4 Å². The fraction of sp³-hybridized carbons (Fsp3) is 0.400. The van der Waals surface area contributed by atoms with Gasteiger partial charge < -0.3 is 5.11 Å². The second-order valence-corrected chi connectivity index (χ2v) is 12.0. The van der Waals surface area contributed by atoms with E-state index >= 15 is 0 Å². The van der Waals surface area contributed by atoms with E-state index in [1.54, 1.807) is 46.9 Å². The Bertz CT molecular complexity index is 504. The monoisotopic (exact) mass is 452 g/mol. The summed E-state index contributed by atoms with van der Waals surface area (Å²) in [5, 5.41) is 10.6. The summed E-state index contributed by atoms with van der Waals surface area (Å²) in [6, 6.07) is 6.51. The van der Waals surface area contributed by atoms with Gasteiger partial charge in [0.1, 0.15) is 6.10 Å². The Morgan fingerprint density at radius 1 is 1.59 bits per heavy atom. The summed E-state index contributed by atoms with van der Waals surface area (Å²) in [6.45, 7) is 1.54. The Morgan fingerprint density at radius 2 is 2.18 bits per heavy atom. The quantitative estimate of drug-likeness (QED) is 0.562. The zero-order valence-electron chi connectivity index (χ0n) is 8.90. The minimum absolute atomic E-state index is 0.0567. The Kier molecular flexibility index (Phi) is 5.29. The maximum absolute atomic E-state index is 11.9. The first-order valence-electron chi connectivity index (χ1n) is 4.76. The summed E-state index contributed by atoms with van der Waals surface area (Å²) >= 11 is 10.6. The van der Waals surface area contributed by atoms with E-state index in [1.165, 1.54) is 6.92 Å². The standard InChI is InChI=1S/C10H11BrClIO3S/c1-2-17(15,16)10(11,13)9(14)7-4-3-5-8(12)6-7/h3-6,9,14H,2H2,1H3. The zero-order chi connectivity index (χ0) is 13.3. The molecule has 2 unspecified atom stereocenters. The highest BCUT2D eigenvalue weighted by molar-refractivity contribution is 14.1. The van der Waals surface area contributed by atoms with Gasteiger partial charge in [0.05, 0.1) is 0 Å². The molecule has 0 saturated carbocycles. The van der Waals surface area contributed by atoms with Crippen LogP contribution < -0.4 is 0 Å². The molecule has 0 amide bonds. The first-order valence-corrected chi connectivity index (χ1v) is 8.66. The van der Waals surface area contributed by atoms with E-state index in [2.05, 4.69) is 15.9 Å². The van der Waals surface area contributed by atoms with Gasteiger partial charge in [-0.05, 0) is 40.3 Å². The lowest BCUT2D eigenvalue weighted by Crippen LogP contribution is -2.33. The molecule has 1 aromatic rings. The van der Waals surface area contributed by atoms with Crippen molar-refractivity contribution in [3.8, 4) is 0 Å². The largest absolute Gasteiger partial charge is 0.385 e. The van der Waals surface area contributed by atoms with Crippen molar-refractivity contribution < 1.29 is 13.5 Å². The molecular weight excluding hydrogens is 442 g/mol. The van der Waals surface area contributed by atoms with Crippen LogP contribution in [0.5, 0.6) is 0 Å². The SMILES string of the molecule is CCS(=O)(=O)C(Br)(I)C(O)c1cccc(Cl)c1. The summed E-state index contributed by atoms with van der Waals surface area (Å²) in [5.41, 5.74) is 0.459. The maximum atomic E-state index is 11.9. The Balaban J connectivity index is 3.17. The van der Waals surface area contributed by atoms with Crippen LogP contribution in [0.2, 0.25) is 5.02 Å². The van der Waals surface area contributed by atoms with E-state index in [0.717, 1.165) is 0 Å². The predicted octanol–water partition coefficient (Wildman–Crippen LogP) is 3.29. The molecule has 2 atom stereocenters. The Hall–Kier alpha value is 0.630. The van der Waals surface area contributed by atoms with Crippen LogP contribution in [0.15, 0.2) is 24.3 Å². The maximum Gasteiger partial charge on any atom is 0.207 e. The molecule has 0 saturated heterocycles. The lowest BCUT2D eigenvalue weighted by atomic mass is 10.1. The van der Waals surface area contributed by atoms with Crippen molar-refractivity contribution >= 4 is 60.0 Å². The first kappa shape index (κ1) is 15.7. The Morgan fingerprint density at radius 3 is 2.65 bits per heavy atom. The number of hydrogen-bond acceptors (Lipinski definition) is 3. The number of aliphatic hydroxyl groups is 1. The van der Waals surface area contributed by atoms with Crippen LogP contribution in [0.25, 0.3) is 0 Å². The molecule has 0 spiro atoms. The van der Waals surface area contributed by atoms with Crippen LogP contribution in [0.3, 0.4) is 0 Å². The molecule has 0 aliphatic carbocycles. The van der Waals surface area contributed by atoms with Gasteiger partial charge in [-0.25, -0.2) is 8.42 Å². The lowest BCUT2D eigenvalue weighted by Gasteiger charge is -2.26. The van der Waals surface area contributed by atoms with E-state index in [0.29, 0.717) is 10.6 Å². The number of rotatable bonds is 4. The van der Waals surface area contributed by atoms with Gasteiger partial charge in [-0.2, -0.15) is 0 Å². The van der Waals surface area contributed by atoms with Crippen molar-refractivity contribution in [2.24, 2.45) is 0 Å². The molecule has 3 nitrogen and oxygen atoms in total. The molecule has 0 aromatic heterocycles. The van der Waals surface area contributed by atoms with E-state index < -0.39 is 17.6 Å². The summed E-state index contributed by atoms with van der Waals surface area (Å²) < 4.78 is 22.3. The molecule has 96 valence electrons. The van der Waals surface area contributed by atoms with Crippen molar-refractivity contribution in [3.05, 3.63) is 34.9 Å². The minimum atomic E-state index is -3.45. The number of sulfone groups is 1. The molecule has 0 fully saturated rings. The fourth-order valence-electron chi connectivity index (χ4n) is 1.23. The third kappa shape index (κ3) is 3.34. The average molecular weight is 454 g/mol. The van der Waals surface area contributed by atoms with Gasteiger partial charge in [-0.1, -0.05) is 46.6 Å². The van der Waals surface area contributed by atoms with Crippen molar-refractivity contribution in [1.82, 2.24) is 0 Å². The third-order valence-corrected chi connectivity index (χ3v) is 8.84. The summed E-state index contributed by atoms with van der Waals surface area (Å²) in [4.78, 5) is 0. The van der Waals surface area contributed by atoms with Crippen molar-refractivity contribution in [2.45, 2.75) is 14.7 Å². The molecular formula is C10H11BrClIO3S. The number of aliphatic hydroxyl groups excluding tert-OH is 1. The van der Waals surface area contributed by atoms with Crippen LogP contribution in [0.1, 0.15) is 18.6 Å². The molecule has 0 aliphatic rings. The Labute approximate surface area is 128 Å². The van der Waals surface area contributed by atoms with Gasteiger partial charge in [-0.15, -0.1) is 0 Å². The molecule has 0 heterocycles. The number of halogens is 3. The number of benzene rings is 1. The van der Waals surface area contributed by atoms with E-state index in [1.807, 2.05) is 0 Å². The first-order chi connectivity index (χ1) is 7.72. The van der Waals surface area contributed by atoms with Crippen molar-refractivity contribution in [3.63, 3.8) is 0 Å². The molecule has 1 aromatic carbocycles. The van der Waals surface area contributed by atoms with E-state index in [4.69, 9.17) is 11.6 Å². The van der Waals surface area contributed by atoms with Crippen LogP contribution in [0, 0.1) is 0 Å². The predicted molar refractivity (Wildman–Crippen MR) is 81.6 cm³/mol. The minimum Gasteiger partial charge on any atom is -0.385 e. The molecule has 17 heavy (non-hydrogen) atoms. The highest BCUT2D eigenvalue weighted by Gasteiger charge is 2.45. The van der Waals surface area contributed by atoms with Gasteiger partial charge in [0.2, 0.25) is 1.66 Å². The number of hydrogen-bond donors (Lipinski definition) is 1. The second kappa shape index (κ2) is 5.73. The van der Waals surface area contributed by atoms with Crippen LogP contribution in [-0.2, 0) is 9.84 Å². The van der Waals surface area contributed by atoms with Crippen molar-refractivity contribution in [2.75, 3.05) is 5.75 Å². The van der Waals surface area contributed by atoms with Gasteiger partial charge in [-0.3, -0.25) is 0 Å². The molecule has 1 N–H and O–H groups in total. The number of alkyl halides is 2. The van der Waals surface area contributed by atoms with Gasteiger partial charge in [0.15, 0.2) is 9.84 Å².